The van der Waals surface area contributed by atoms with Gasteiger partial charge in [-0.15, -0.1) is 12.4 Å². The Morgan fingerprint density at radius 3 is 3.04 bits per heavy atom. The van der Waals surface area contributed by atoms with Crippen LogP contribution in [0.4, 0.5) is 5.69 Å². The number of hydrogen-bond acceptors (Lipinski definition) is 5. The summed E-state index contributed by atoms with van der Waals surface area (Å²) in [6.07, 6.45) is 1.35. The second-order valence-corrected chi connectivity index (χ2v) is 6.35. The Bertz CT molecular complexity index is 470. The standard InChI is InChI=1S/C16H24N2O3S.ClH/c1-20-7-3-8-21-15-5-2-4-13(10-15)18-16(19)11-14-12-22-9-6-17-14;/h2,4-5,10,14,17H,3,6-9,11-12H2,1H3,(H,18,19);1H. The Morgan fingerprint density at radius 2 is 2.30 bits per heavy atom. The summed E-state index contributed by atoms with van der Waals surface area (Å²) in [5, 5.41) is 6.31. The molecule has 0 bridgehead atoms. The van der Waals surface area contributed by atoms with E-state index in [1.165, 1.54) is 0 Å². The maximum Gasteiger partial charge on any atom is 0.225 e. The van der Waals surface area contributed by atoms with Crippen molar-refractivity contribution in [1.29, 1.82) is 0 Å². The molecular weight excluding hydrogens is 336 g/mol. The maximum atomic E-state index is 12.1. The van der Waals surface area contributed by atoms with Gasteiger partial charge in [-0.2, -0.15) is 11.8 Å². The van der Waals surface area contributed by atoms with Crippen molar-refractivity contribution in [2.45, 2.75) is 18.9 Å². The molecule has 1 unspecified atom stereocenters. The number of carbonyl (C=O) groups excluding carboxylic acids is 1. The Hall–Kier alpha value is -0.950. The Morgan fingerprint density at radius 1 is 1.43 bits per heavy atom. The van der Waals surface area contributed by atoms with Gasteiger partial charge in [0.25, 0.3) is 0 Å². The van der Waals surface area contributed by atoms with Crippen molar-refractivity contribution in [3.05, 3.63) is 24.3 Å². The van der Waals surface area contributed by atoms with Crippen molar-refractivity contribution in [2.24, 2.45) is 0 Å². The van der Waals surface area contributed by atoms with Crippen LogP contribution in [0.15, 0.2) is 24.3 Å². The molecular formula is C16H25ClN2O3S. The minimum absolute atomic E-state index is 0. The van der Waals surface area contributed by atoms with Crippen LogP contribution >= 0.6 is 24.2 Å². The zero-order valence-electron chi connectivity index (χ0n) is 13.4. The topological polar surface area (TPSA) is 59.6 Å². The minimum atomic E-state index is 0. The van der Waals surface area contributed by atoms with Gasteiger partial charge in [0.1, 0.15) is 5.75 Å². The van der Waals surface area contributed by atoms with Gasteiger partial charge in [0.15, 0.2) is 0 Å². The predicted octanol–water partition coefficient (Wildman–Crippen LogP) is 2.56. The lowest BCUT2D eigenvalue weighted by Crippen LogP contribution is -2.39. The molecule has 0 aliphatic carbocycles. The molecule has 1 aromatic rings. The fourth-order valence-electron chi connectivity index (χ4n) is 2.24. The SMILES string of the molecule is COCCCOc1cccc(NC(=O)CC2CSCCN2)c1.Cl. The number of anilines is 1. The quantitative estimate of drug-likeness (QED) is 0.698. The summed E-state index contributed by atoms with van der Waals surface area (Å²) in [5.74, 6) is 2.92. The van der Waals surface area contributed by atoms with Crippen LogP contribution < -0.4 is 15.4 Å². The summed E-state index contributed by atoms with van der Waals surface area (Å²) < 4.78 is 10.6. The summed E-state index contributed by atoms with van der Waals surface area (Å²) in [7, 11) is 1.68. The molecule has 1 fully saturated rings. The summed E-state index contributed by atoms with van der Waals surface area (Å²) in [4.78, 5) is 12.1. The molecule has 5 nitrogen and oxygen atoms in total. The monoisotopic (exact) mass is 360 g/mol. The molecule has 0 radical (unpaired) electrons. The molecule has 1 amide bonds. The highest BCUT2D eigenvalue weighted by Gasteiger charge is 2.16. The summed E-state index contributed by atoms with van der Waals surface area (Å²) >= 11 is 1.89. The third-order valence-electron chi connectivity index (χ3n) is 3.31. The van der Waals surface area contributed by atoms with E-state index >= 15 is 0 Å². The Kier molecular flexibility index (Phi) is 10.1. The molecule has 0 saturated carbocycles. The van der Waals surface area contributed by atoms with Gasteiger partial charge in [0.2, 0.25) is 5.91 Å². The molecule has 0 spiro atoms. The summed E-state index contributed by atoms with van der Waals surface area (Å²) in [5.41, 5.74) is 0.776. The first-order valence-electron chi connectivity index (χ1n) is 7.60. The molecule has 1 saturated heterocycles. The van der Waals surface area contributed by atoms with E-state index in [9.17, 15) is 4.79 Å². The van der Waals surface area contributed by atoms with E-state index in [2.05, 4.69) is 10.6 Å². The van der Waals surface area contributed by atoms with Gasteiger partial charge in [0, 0.05) is 62.4 Å². The summed E-state index contributed by atoms with van der Waals surface area (Å²) in [6.45, 7) is 2.27. The van der Waals surface area contributed by atoms with E-state index < -0.39 is 0 Å². The predicted molar refractivity (Wildman–Crippen MR) is 98.0 cm³/mol. The minimum Gasteiger partial charge on any atom is -0.493 e. The average molecular weight is 361 g/mol. The van der Waals surface area contributed by atoms with E-state index in [0.717, 1.165) is 35.9 Å². The normalized spacial score (nSPS) is 17.2. The molecule has 1 aromatic carbocycles. The third-order valence-corrected chi connectivity index (χ3v) is 4.44. The molecule has 1 aliphatic rings. The van der Waals surface area contributed by atoms with Gasteiger partial charge in [-0.3, -0.25) is 4.79 Å². The molecule has 2 N–H and O–H groups in total. The second-order valence-electron chi connectivity index (χ2n) is 5.20. The first-order chi connectivity index (χ1) is 10.8. The van der Waals surface area contributed by atoms with Crippen molar-refractivity contribution in [3.8, 4) is 5.75 Å². The van der Waals surface area contributed by atoms with Gasteiger partial charge >= 0.3 is 0 Å². The van der Waals surface area contributed by atoms with Crippen molar-refractivity contribution in [3.63, 3.8) is 0 Å². The number of ether oxygens (including phenoxy) is 2. The fraction of sp³-hybridized carbons (Fsp3) is 0.562. The van der Waals surface area contributed by atoms with E-state index in [1.54, 1.807) is 7.11 Å². The molecule has 1 aliphatic heterocycles. The second kappa shape index (κ2) is 11.6. The zero-order chi connectivity index (χ0) is 15.6. The van der Waals surface area contributed by atoms with Crippen LogP contribution in [0.5, 0.6) is 5.75 Å². The fourth-order valence-corrected chi connectivity index (χ4v) is 3.19. The Balaban J connectivity index is 0.00000264. The number of carbonyl (C=O) groups is 1. The van der Waals surface area contributed by atoms with E-state index in [0.29, 0.717) is 19.6 Å². The largest absolute Gasteiger partial charge is 0.493 e. The zero-order valence-corrected chi connectivity index (χ0v) is 15.0. The average Bonchev–Trinajstić information content (AvgIpc) is 2.53. The smallest absolute Gasteiger partial charge is 0.225 e. The molecule has 1 atom stereocenters. The van der Waals surface area contributed by atoms with Gasteiger partial charge in [-0.05, 0) is 12.1 Å². The number of benzene rings is 1. The first kappa shape index (κ1) is 20.1. The summed E-state index contributed by atoms with van der Waals surface area (Å²) in [6, 6.07) is 7.78. The number of hydrogen-bond donors (Lipinski definition) is 2. The van der Waals surface area contributed by atoms with Crippen molar-refractivity contribution in [2.75, 3.05) is 43.7 Å². The first-order valence-corrected chi connectivity index (χ1v) is 8.76. The van der Waals surface area contributed by atoms with E-state index in [-0.39, 0.29) is 24.4 Å². The van der Waals surface area contributed by atoms with Gasteiger partial charge < -0.3 is 20.1 Å². The van der Waals surface area contributed by atoms with Crippen molar-refractivity contribution < 1.29 is 14.3 Å². The lowest BCUT2D eigenvalue weighted by Gasteiger charge is -2.22. The number of amides is 1. The Labute approximate surface area is 148 Å². The lowest BCUT2D eigenvalue weighted by atomic mass is 10.2. The van der Waals surface area contributed by atoms with Gasteiger partial charge in [-0.25, -0.2) is 0 Å². The molecule has 7 heteroatoms. The van der Waals surface area contributed by atoms with Crippen LogP contribution in [0.1, 0.15) is 12.8 Å². The van der Waals surface area contributed by atoms with Gasteiger partial charge in [0.05, 0.1) is 6.61 Å². The molecule has 23 heavy (non-hydrogen) atoms. The van der Waals surface area contributed by atoms with E-state index in [4.69, 9.17) is 9.47 Å². The number of methoxy groups -OCH3 is 1. The molecule has 2 rings (SSSR count). The van der Waals surface area contributed by atoms with Crippen LogP contribution in [0.2, 0.25) is 0 Å². The van der Waals surface area contributed by atoms with E-state index in [1.807, 2.05) is 36.0 Å². The van der Waals surface area contributed by atoms with Crippen LogP contribution in [0, 0.1) is 0 Å². The number of rotatable bonds is 8. The highest BCUT2D eigenvalue weighted by molar-refractivity contribution is 7.99. The maximum absolute atomic E-state index is 12.1. The molecule has 0 aromatic heterocycles. The number of thioether (sulfide) groups is 1. The van der Waals surface area contributed by atoms with Crippen LogP contribution in [0.25, 0.3) is 0 Å². The third kappa shape index (κ3) is 7.92. The molecule has 1 heterocycles. The lowest BCUT2D eigenvalue weighted by molar-refractivity contribution is -0.116. The molecule has 130 valence electrons. The number of nitrogens with one attached hydrogen (secondary N) is 2. The van der Waals surface area contributed by atoms with Crippen molar-refractivity contribution >= 4 is 35.8 Å². The van der Waals surface area contributed by atoms with Crippen LogP contribution in [0.3, 0.4) is 0 Å². The van der Waals surface area contributed by atoms with Crippen molar-refractivity contribution in [1.82, 2.24) is 5.32 Å². The number of halogens is 1. The highest BCUT2D eigenvalue weighted by atomic mass is 35.5. The highest BCUT2D eigenvalue weighted by Crippen LogP contribution is 2.18. The van der Waals surface area contributed by atoms with Crippen LogP contribution in [-0.2, 0) is 9.53 Å². The van der Waals surface area contributed by atoms with Gasteiger partial charge in [-0.1, -0.05) is 6.07 Å². The van der Waals surface area contributed by atoms with Crippen LogP contribution in [-0.4, -0.2) is 50.3 Å².